The first-order valence-corrected chi connectivity index (χ1v) is 8.18. The van der Waals surface area contributed by atoms with Gasteiger partial charge < -0.3 is 15.8 Å². The molecule has 7 nitrogen and oxygen atoms in total. The summed E-state index contributed by atoms with van der Waals surface area (Å²) >= 11 is 0. The number of hydrogen-bond acceptors (Lipinski definition) is 5. The smallest absolute Gasteiger partial charge is 0.339 e. The second kappa shape index (κ2) is 7.65. The van der Waals surface area contributed by atoms with E-state index in [0.717, 1.165) is 0 Å². The van der Waals surface area contributed by atoms with Crippen molar-refractivity contribution in [1.82, 2.24) is 4.98 Å². The van der Waals surface area contributed by atoms with E-state index in [1.54, 1.807) is 49.4 Å². The Labute approximate surface area is 155 Å². The third-order valence-corrected chi connectivity index (χ3v) is 3.87. The number of aromatic nitrogens is 1. The number of nitrogens with two attached hydrogens (primary N) is 1. The highest BCUT2D eigenvalue weighted by molar-refractivity contribution is 6.06. The largest absolute Gasteiger partial charge is 0.452 e. The predicted octanol–water partition coefficient (Wildman–Crippen LogP) is 2.44. The summed E-state index contributed by atoms with van der Waals surface area (Å²) in [7, 11) is 0. The minimum atomic E-state index is -0.665. The molecular weight excluding hydrogens is 346 g/mol. The molecule has 0 aliphatic rings. The maximum atomic E-state index is 12.4. The van der Waals surface area contributed by atoms with Gasteiger partial charge in [-0.15, -0.1) is 0 Å². The molecule has 0 saturated heterocycles. The minimum absolute atomic E-state index is 0.174. The fraction of sp³-hybridized carbons (Fsp3) is 0.100. The summed E-state index contributed by atoms with van der Waals surface area (Å²) in [5, 5.41) is 3.16. The van der Waals surface area contributed by atoms with E-state index < -0.39 is 24.4 Å². The Kier molecular flexibility index (Phi) is 5.12. The standard InChI is InChI=1S/C20H17N3O4/c1-12-10-15(13-6-2-4-8-16(13)22-12)20(26)27-11-18(24)23-17-9-5-3-7-14(17)19(21)25/h2-10H,11H2,1H3,(H2,21,25)(H,23,24). The highest BCUT2D eigenvalue weighted by Crippen LogP contribution is 2.19. The molecule has 0 fully saturated rings. The number of fused-ring (bicyclic) bond motifs is 1. The number of nitrogens with one attached hydrogen (secondary N) is 1. The lowest BCUT2D eigenvalue weighted by Crippen LogP contribution is -2.23. The second-order valence-electron chi connectivity index (χ2n) is 5.86. The van der Waals surface area contributed by atoms with Crippen LogP contribution in [-0.2, 0) is 9.53 Å². The Morgan fingerprint density at radius 2 is 1.74 bits per heavy atom. The summed E-state index contributed by atoms with van der Waals surface area (Å²) in [6.45, 7) is 1.28. The number of rotatable bonds is 5. The van der Waals surface area contributed by atoms with Crippen LogP contribution in [0.2, 0.25) is 0 Å². The number of nitrogens with zero attached hydrogens (tertiary/aromatic N) is 1. The van der Waals surface area contributed by atoms with E-state index in [9.17, 15) is 14.4 Å². The van der Waals surface area contributed by atoms with Gasteiger partial charge in [0.2, 0.25) is 0 Å². The molecule has 1 heterocycles. The Morgan fingerprint density at radius 3 is 2.52 bits per heavy atom. The van der Waals surface area contributed by atoms with Gasteiger partial charge in [-0.05, 0) is 31.2 Å². The molecule has 7 heteroatoms. The molecule has 27 heavy (non-hydrogen) atoms. The van der Waals surface area contributed by atoms with Crippen LogP contribution in [-0.4, -0.2) is 29.4 Å². The van der Waals surface area contributed by atoms with Gasteiger partial charge >= 0.3 is 5.97 Å². The Bertz CT molecular complexity index is 1050. The molecule has 0 atom stereocenters. The van der Waals surface area contributed by atoms with Crippen LogP contribution in [0.5, 0.6) is 0 Å². The number of amides is 2. The molecule has 0 aliphatic carbocycles. The summed E-state index contributed by atoms with van der Waals surface area (Å²) in [4.78, 5) is 40.3. The minimum Gasteiger partial charge on any atom is -0.452 e. The van der Waals surface area contributed by atoms with Gasteiger partial charge in [0.15, 0.2) is 6.61 Å². The number of carbonyl (C=O) groups is 3. The number of carbonyl (C=O) groups excluding carboxylic acids is 3. The van der Waals surface area contributed by atoms with Crippen LogP contribution in [0.1, 0.15) is 26.4 Å². The van der Waals surface area contributed by atoms with Crippen LogP contribution >= 0.6 is 0 Å². The number of primary amides is 1. The zero-order valence-electron chi connectivity index (χ0n) is 14.6. The van der Waals surface area contributed by atoms with E-state index >= 15 is 0 Å². The predicted molar refractivity (Wildman–Crippen MR) is 100 cm³/mol. The first-order valence-electron chi connectivity index (χ1n) is 8.18. The molecule has 3 N–H and O–H groups in total. The van der Waals surface area contributed by atoms with Crippen molar-refractivity contribution in [1.29, 1.82) is 0 Å². The van der Waals surface area contributed by atoms with E-state index in [1.807, 2.05) is 6.07 Å². The first kappa shape index (κ1) is 18.1. The van der Waals surface area contributed by atoms with Gasteiger partial charge in [0.25, 0.3) is 11.8 Å². The van der Waals surface area contributed by atoms with Gasteiger partial charge in [-0.3, -0.25) is 14.6 Å². The average Bonchev–Trinajstić information content (AvgIpc) is 2.65. The van der Waals surface area contributed by atoms with Crippen LogP contribution in [0.3, 0.4) is 0 Å². The summed E-state index contributed by atoms with van der Waals surface area (Å²) in [6, 6.07) is 15.1. The number of para-hydroxylation sites is 2. The molecule has 136 valence electrons. The quantitative estimate of drug-likeness (QED) is 0.676. The lowest BCUT2D eigenvalue weighted by atomic mass is 10.1. The molecule has 0 bridgehead atoms. The SMILES string of the molecule is Cc1cc(C(=O)OCC(=O)Nc2ccccc2C(N)=O)c2ccccc2n1. The van der Waals surface area contributed by atoms with Gasteiger partial charge in [0.05, 0.1) is 22.3 Å². The van der Waals surface area contributed by atoms with E-state index in [2.05, 4.69) is 10.3 Å². The average molecular weight is 363 g/mol. The number of ether oxygens (including phenoxy) is 1. The van der Waals surface area contributed by atoms with Crippen molar-refractivity contribution < 1.29 is 19.1 Å². The van der Waals surface area contributed by atoms with Crippen molar-refractivity contribution >= 4 is 34.4 Å². The third-order valence-electron chi connectivity index (χ3n) is 3.87. The van der Waals surface area contributed by atoms with Crippen LogP contribution in [0, 0.1) is 6.92 Å². The molecule has 3 rings (SSSR count). The van der Waals surface area contributed by atoms with Crippen molar-refractivity contribution in [3.63, 3.8) is 0 Å². The Hall–Kier alpha value is -3.74. The topological polar surface area (TPSA) is 111 Å². The van der Waals surface area contributed by atoms with Crippen molar-refractivity contribution in [2.45, 2.75) is 6.92 Å². The number of benzene rings is 2. The molecular formula is C20H17N3O4. The summed E-state index contributed by atoms with van der Waals surface area (Å²) < 4.78 is 5.13. The zero-order valence-corrected chi connectivity index (χ0v) is 14.6. The second-order valence-corrected chi connectivity index (χ2v) is 5.86. The number of anilines is 1. The Balaban J connectivity index is 1.72. The summed E-state index contributed by atoms with van der Waals surface area (Å²) in [5.74, 6) is -1.87. The highest BCUT2D eigenvalue weighted by atomic mass is 16.5. The van der Waals surface area contributed by atoms with Crippen LogP contribution < -0.4 is 11.1 Å². The van der Waals surface area contributed by atoms with E-state index in [1.165, 1.54) is 6.07 Å². The lowest BCUT2D eigenvalue weighted by Gasteiger charge is -2.10. The van der Waals surface area contributed by atoms with E-state index in [0.29, 0.717) is 22.2 Å². The number of esters is 1. The molecule has 1 aromatic heterocycles. The first-order chi connectivity index (χ1) is 13.0. The fourth-order valence-corrected chi connectivity index (χ4v) is 2.68. The van der Waals surface area contributed by atoms with Gasteiger partial charge in [0.1, 0.15) is 0 Å². The van der Waals surface area contributed by atoms with Gasteiger partial charge in [-0.2, -0.15) is 0 Å². The van der Waals surface area contributed by atoms with Crippen molar-refractivity contribution in [3.8, 4) is 0 Å². The molecule has 2 amide bonds. The van der Waals surface area contributed by atoms with Gasteiger partial charge in [-0.25, -0.2) is 4.79 Å². The molecule has 0 radical (unpaired) electrons. The van der Waals surface area contributed by atoms with Gasteiger partial charge in [0, 0.05) is 11.1 Å². The zero-order chi connectivity index (χ0) is 19.4. The van der Waals surface area contributed by atoms with Crippen molar-refractivity contribution in [3.05, 3.63) is 71.4 Å². The van der Waals surface area contributed by atoms with Crippen molar-refractivity contribution in [2.75, 3.05) is 11.9 Å². The number of hydrogen-bond donors (Lipinski definition) is 2. The summed E-state index contributed by atoms with van der Waals surface area (Å²) in [6.07, 6.45) is 0. The maximum Gasteiger partial charge on any atom is 0.339 e. The molecule has 0 aliphatic heterocycles. The maximum absolute atomic E-state index is 12.4. The molecule has 0 saturated carbocycles. The fourth-order valence-electron chi connectivity index (χ4n) is 2.68. The summed E-state index contributed by atoms with van der Waals surface area (Å²) in [5.41, 5.74) is 7.38. The monoisotopic (exact) mass is 363 g/mol. The van der Waals surface area contributed by atoms with Crippen molar-refractivity contribution in [2.24, 2.45) is 5.73 Å². The van der Waals surface area contributed by atoms with Crippen LogP contribution in [0.25, 0.3) is 10.9 Å². The highest BCUT2D eigenvalue weighted by Gasteiger charge is 2.16. The lowest BCUT2D eigenvalue weighted by molar-refractivity contribution is -0.119. The molecule has 0 unspecified atom stereocenters. The number of pyridine rings is 1. The molecule has 2 aromatic carbocycles. The van der Waals surface area contributed by atoms with E-state index in [4.69, 9.17) is 10.5 Å². The third kappa shape index (κ3) is 4.09. The number of aryl methyl sites for hydroxylation is 1. The Morgan fingerprint density at radius 1 is 1.04 bits per heavy atom. The van der Waals surface area contributed by atoms with E-state index in [-0.39, 0.29) is 11.3 Å². The van der Waals surface area contributed by atoms with Crippen LogP contribution in [0.4, 0.5) is 5.69 Å². The van der Waals surface area contributed by atoms with Crippen LogP contribution in [0.15, 0.2) is 54.6 Å². The normalized spacial score (nSPS) is 10.4. The molecule has 3 aromatic rings. The van der Waals surface area contributed by atoms with Gasteiger partial charge in [-0.1, -0.05) is 30.3 Å². The molecule has 0 spiro atoms.